The Morgan fingerprint density at radius 3 is 2.69 bits per heavy atom. The molecule has 2 heterocycles. The maximum Gasteiger partial charge on any atom is 0.277 e. The topological polar surface area (TPSA) is 84.0 Å². The van der Waals surface area contributed by atoms with Crippen LogP contribution in [0.25, 0.3) is 16.3 Å². The molecule has 2 aromatic carbocycles. The molecule has 0 saturated heterocycles. The molecule has 4 rings (SSSR count). The lowest BCUT2D eigenvalue weighted by Crippen LogP contribution is -2.32. The van der Waals surface area contributed by atoms with Crippen molar-refractivity contribution in [3.05, 3.63) is 78.1 Å². The maximum absolute atomic E-state index is 13.2. The van der Waals surface area contributed by atoms with Crippen molar-refractivity contribution in [2.75, 3.05) is 18.1 Å². The molecule has 0 spiro atoms. The summed E-state index contributed by atoms with van der Waals surface area (Å²) in [4.78, 5) is 19.4. The minimum absolute atomic E-state index is 0.222. The molecule has 32 heavy (non-hydrogen) atoms. The lowest BCUT2D eigenvalue weighted by Gasteiger charge is -2.21. The van der Waals surface area contributed by atoms with Crippen molar-refractivity contribution in [2.24, 2.45) is 0 Å². The molecular formula is C24H21N5O2S. The summed E-state index contributed by atoms with van der Waals surface area (Å²) in [6, 6.07) is 19.2. The van der Waals surface area contributed by atoms with Crippen molar-refractivity contribution in [2.45, 2.75) is 13.3 Å². The number of amides is 1. The smallest absolute Gasteiger partial charge is 0.277 e. The Bertz CT molecular complexity index is 1230. The normalized spacial score (nSPS) is 10.5. The molecule has 0 unspecified atom stereocenters. The van der Waals surface area contributed by atoms with Crippen LogP contribution in [0, 0.1) is 11.3 Å². The van der Waals surface area contributed by atoms with E-state index < -0.39 is 0 Å². The van der Waals surface area contributed by atoms with Gasteiger partial charge in [-0.1, -0.05) is 18.2 Å². The molecule has 0 aliphatic carbocycles. The van der Waals surface area contributed by atoms with Crippen molar-refractivity contribution in [3.8, 4) is 28.1 Å². The van der Waals surface area contributed by atoms with Crippen LogP contribution >= 0.6 is 11.3 Å². The molecule has 0 radical (unpaired) electrons. The van der Waals surface area contributed by atoms with Gasteiger partial charge in [-0.3, -0.25) is 4.79 Å². The summed E-state index contributed by atoms with van der Waals surface area (Å²) in [6.07, 6.45) is 3.85. The standard InChI is InChI=1S/C24H21N5O2S/c1-2-31-21-11-9-19(10-12-21)28(14-6-13-25)24(30)22-17-32-23(27-22)18-15-26-29(16-18)20-7-4-3-5-8-20/h3-5,7-12,15-17H,2,6,14H2,1H3. The summed E-state index contributed by atoms with van der Waals surface area (Å²) in [7, 11) is 0. The van der Waals surface area contributed by atoms with Crippen molar-refractivity contribution < 1.29 is 9.53 Å². The van der Waals surface area contributed by atoms with Crippen LogP contribution in [0.15, 0.2) is 72.4 Å². The molecule has 2 aromatic heterocycles. The van der Waals surface area contributed by atoms with Gasteiger partial charge in [0.05, 0.1) is 31.0 Å². The molecule has 0 fully saturated rings. The minimum Gasteiger partial charge on any atom is -0.494 e. The molecule has 7 nitrogen and oxygen atoms in total. The van der Waals surface area contributed by atoms with Crippen LogP contribution in [-0.4, -0.2) is 33.8 Å². The van der Waals surface area contributed by atoms with E-state index in [0.717, 1.165) is 17.0 Å². The Morgan fingerprint density at radius 2 is 1.97 bits per heavy atom. The van der Waals surface area contributed by atoms with Gasteiger partial charge < -0.3 is 9.64 Å². The molecule has 1 amide bonds. The molecule has 0 N–H and O–H groups in total. The summed E-state index contributed by atoms with van der Waals surface area (Å²) < 4.78 is 7.25. The minimum atomic E-state index is -0.248. The SMILES string of the molecule is CCOc1ccc(N(CCC#N)C(=O)c2csc(-c3cnn(-c4ccccc4)c3)n2)cc1. The number of rotatable bonds is 8. The molecule has 4 aromatic rings. The summed E-state index contributed by atoms with van der Waals surface area (Å²) in [6.45, 7) is 2.76. The van der Waals surface area contributed by atoms with E-state index in [9.17, 15) is 4.79 Å². The molecule has 0 saturated carbocycles. The highest BCUT2D eigenvalue weighted by Gasteiger charge is 2.21. The molecule has 0 bridgehead atoms. The number of carbonyl (C=O) groups is 1. The van der Waals surface area contributed by atoms with E-state index >= 15 is 0 Å². The Hall–Kier alpha value is -3.96. The van der Waals surface area contributed by atoms with Gasteiger partial charge >= 0.3 is 0 Å². The summed E-state index contributed by atoms with van der Waals surface area (Å²) in [5.74, 6) is 0.484. The fourth-order valence-electron chi connectivity index (χ4n) is 3.20. The van der Waals surface area contributed by atoms with Gasteiger partial charge in [-0.25, -0.2) is 9.67 Å². The number of ether oxygens (including phenoxy) is 1. The zero-order valence-corrected chi connectivity index (χ0v) is 18.3. The van der Waals surface area contributed by atoms with Gasteiger partial charge in [-0.2, -0.15) is 10.4 Å². The Labute approximate surface area is 190 Å². The van der Waals surface area contributed by atoms with E-state index in [-0.39, 0.29) is 18.9 Å². The van der Waals surface area contributed by atoms with E-state index in [2.05, 4.69) is 16.2 Å². The third kappa shape index (κ3) is 4.68. The summed E-state index contributed by atoms with van der Waals surface area (Å²) >= 11 is 1.39. The fourth-order valence-corrected chi connectivity index (χ4v) is 3.97. The molecule has 160 valence electrons. The van der Waals surface area contributed by atoms with Crippen LogP contribution in [0.5, 0.6) is 5.75 Å². The molecular weight excluding hydrogens is 422 g/mol. The number of hydrogen-bond donors (Lipinski definition) is 0. The Balaban J connectivity index is 1.56. The molecule has 0 aliphatic heterocycles. The fraction of sp³-hybridized carbons (Fsp3) is 0.167. The van der Waals surface area contributed by atoms with Crippen LogP contribution in [-0.2, 0) is 0 Å². The van der Waals surface area contributed by atoms with Crippen molar-refractivity contribution in [3.63, 3.8) is 0 Å². The number of nitriles is 1. The predicted molar refractivity (Wildman–Crippen MR) is 124 cm³/mol. The number of benzene rings is 2. The highest BCUT2D eigenvalue weighted by atomic mass is 32.1. The van der Waals surface area contributed by atoms with Gasteiger partial charge in [0.1, 0.15) is 16.5 Å². The van der Waals surface area contributed by atoms with Gasteiger partial charge in [-0.15, -0.1) is 11.3 Å². The first-order valence-electron chi connectivity index (χ1n) is 10.2. The molecule has 0 atom stereocenters. The number of nitrogens with zero attached hydrogens (tertiary/aromatic N) is 5. The van der Waals surface area contributed by atoms with Crippen LogP contribution in [0.2, 0.25) is 0 Å². The van der Waals surface area contributed by atoms with Crippen LogP contribution in [0.1, 0.15) is 23.8 Å². The number of anilines is 1. The number of thiazole rings is 1. The number of para-hydroxylation sites is 1. The van der Waals surface area contributed by atoms with Gasteiger partial charge in [0, 0.05) is 29.4 Å². The summed E-state index contributed by atoms with van der Waals surface area (Å²) in [5, 5.41) is 15.9. The van der Waals surface area contributed by atoms with Crippen molar-refractivity contribution >= 4 is 22.9 Å². The second kappa shape index (κ2) is 9.90. The third-order valence-electron chi connectivity index (χ3n) is 4.73. The largest absolute Gasteiger partial charge is 0.494 e. The number of aromatic nitrogens is 3. The van der Waals surface area contributed by atoms with Crippen molar-refractivity contribution in [1.82, 2.24) is 14.8 Å². The quantitative estimate of drug-likeness (QED) is 0.384. The van der Waals surface area contributed by atoms with Gasteiger partial charge in [0.25, 0.3) is 5.91 Å². The second-order valence-electron chi connectivity index (χ2n) is 6.84. The van der Waals surface area contributed by atoms with Gasteiger partial charge in [0.15, 0.2) is 0 Å². The first-order chi connectivity index (χ1) is 15.7. The Kier molecular flexibility index (Phi) is 6.58. The highest BCUT2D eigenvalue weighted by Crippen LogP contribution is 2.27. The van der Waals surface area contributed by atoms with Crippen molar-refractivity contribution in [1.29, 1.82) is 5.26 Å². The third-order valence-corrected chi connectivity index (χ3v) is 5.62. The number of hydrogen-bond acceptors (Lipinski definition) is 6. The average molecular weight is 444 g/mol. The Morgan fingerprint density at radius 1 is 1.19 bits per heavy atom. The van der Waals surface area contributed by atoms with E-state index in [1.54, 1.807) is 21.2 Å². The molecule has 8 heteroatoms. The first-order valence-corrected chi connectivity index (χ1v) is 11.0. The average Bonchev–Trinajstić information content (AvgIpc) is 3.51. The lowest BCUT2D eigenvalue weighted by molar-refractivity contribution is 0.0983. The van der Waals surface area contributed by atoms with Gasteiger partial charge in [-0.05, 0) is 43.3 Å². The second-order valence-corrected chi connectivity index (χ2v) is 7.70. The zero-order valence-electron chi connectivity index (χ0n) is 17.5. The highest BCUT2D eigenvalue weighted by molar-refractivity contribution is 7.13. The van der Waals surface area contributed by atoms with Crippen LogP contribution in [0.4, 0.5) is 5.69 Å². The monoisotopic (exact) mass is 443 g/mol. The summed E-state index contributed by atoms with van der Waals surface area (Å²) in [5.41, 5.74) is 2.82. The van der Waals surface area contributed by atoms with E-state index in [1.807, 2.05) is 67.7 Å². The van der Waals surface area contributed by atoms with E-state index in [1.165, 1.54) is 11.3 Å². The number of carbonyl (C=O) groups excluding carboxylic acids is 1. The lowest BCUT2D eigenvalue weighted by atomic mass is 10.2. The van der Waals surface area contributed by atoms with Crippen LogP contribution < -0.4 is 9.64 Å². The first kappa shape index (κ1) is 21.3. The zero-order chi connectivity index (χ0) is 22.3. The van der Waals surface area contributed by atoms with E-state index in [0.29, 0.717) is 23.0 Å². The maximum atomic E-state index is 13.2. The predicted octanol–water partition coefficient (Wildman–Crippen LogP) is 4.95. The molecule has 0 aliphatic rings. The van der Waals surface area contributed by atoms with Crippen LogP contribution in [0.3, 0.4) is 0 Å². The van der Waals surface area contributed by atoms with Gasteiger partial charge in [0.2, 0.25) is 0 Å². The van der Waals surface area contributed by atoms with E-state index in [4.69, 9.17) is 10.00 Å².